The quantitative estimate of drug-likeness (QED) is 0.847. The predicted octanol–water partition coefficient (Wildman–Crippen LogP) is 3.18. The van der Waals surface area contributed by atoms with Gasteiger partial charge in [0.05, 0.1) is 6.61 Å². The highest BCUT2D eigenvalue weighted by molar-refractivity contribution is 5.74. The Hall–Kier alpha value is -1.78. The number of carbonyl (C=O) groups excluding carboxylic acids is 1. The summed E-state index contributed by atoms with van der Waals surface area (Å²) in [6.45, 7) is 2.82. The van der Waals surface area contributed by atoms with Crippen LogP contribution >= 0.6 is 0 Å². The number of halogens is 1. The summed E-state index contributed by atoms with van der Waals surface area (Å²) in [4.78, 5) is 13.9. The summed E-state index contributed by atoms with van der Waals surface area (Å²) in [7, 11) is 0. The van der Waals surface area contributed by atoms with E-state index in [4.69, 9.17) is 4.74 Å². The molecule has 5 heteroatoms. The highest BCUT2D eigenvalue weighted by atomic mass is 19.1. The molecule has 1 aliphatic heterocycles. The van der Waals surface area contributed by atoms with E-state index in [1.165, 1.54) is 25.0 Å². The molecule has 0 spiro atoms. The molecule has 2 amide bonds. The maximum absolute atomic E-state index is 12.7. The van der Waals surface area contributed by atoms with Gasteiger partial charge in [-0.2, -0.15) is 0 Å². The summed E-state index contributed by atoms with van der Waals surface area (Å²) < 4.78 is 18.2. The SMILES string of the molecule is O=C(NCCCOc1ccc(F)cc1)N1CCCCCC1. The van der Waals surface area contributed by atoms with Crippen LogP contribution in [0.25, 0.3) is 0 Å². The fourth-order valence-corrected chi connectivity index (χ4v) is 2.37. The summed E-state index contributed by atoms with van der Waals surface area (Å²) in [5, 5.41) is 2.92. The van der Waals surface area contributed by atoms with Crippen molar-refractivity contribution >= 4 is 6.03 Å². The third-order valence-electron chi connectivity index (χ3n) is 3.57. The third kappa shape index (κ3) is 5.61. The molecule has 1 N–H and O–H groups in total. The molecule has 116 valence electrons. The number of carbonyl (C=O) groups is 1. The van der Waals surface area contributed by atoms with Gasteiger partial charge in [-0.1, -0.05) is 12.8 Å². The largest absolute Gasteiger partial charge is 0.494 e. The normalized spacial score (nSPS) is 15.4. The number of rotatable bonds is 5. The van der Waals surface area contributed by atoms with Crippen molar-refractivity contribution in [3.8, 4) is 5.75 Å². The highest BCUT2D eigenvalue weighted by Crippen LogP contribution is 2.11. The van der Waals surface area contributed by atoms with Crippen molar-refractivity contribution in [3.05, 3.63) is 30.1 Å². The van der Waals surface area contributed by atoms with E-state index in [-0.39, 0.29) is 11.8 Å². The van der Waals surface area contributed by atoms with Crippen molar-refractivity contribution in [2.75, 3.05) is 26.2 Å². The monoisotopic (exact) mass is 294 g/mol. The van der Waals surface area contributed by atoms with Crippen LogP contribution in [-0.4, -0.2) is 37.2 Å². The van der Waals surface area contributed by atoms with Crippen LogP contribution in [0.4, 0.5) is 9.18 Å². The molecule has 1 fully saturated rings. The first kappa shape index (κ1) is 15.6. The molecule has 1 saturated heterocycles. The standard InChI is InChI=1S/C16H23FN2O2/c17-14-6-8-15(9-7-14)21-13-5-10-18-16(20)19-11-3-1-2-4-12-19/h6-9H,1-5,10-13H2,(H,18,20). The number of ether oxygens (including phenoxy) is 1. The van der Waals surface area contributed by atoms with Crippen LogP contribution in [0.3, 0.4) is 0 Å². The van der Waals surface area contributed by atoms with Crippen LogP contribution in [0.5, 0.6) is 5.75 Å². The van der Waals surface area contributed by atoms with Crippen molar-refractivity contribution < 1.29 is 13.9 Å². The van der Waals surface area contributed by atoms with Crippen LogP contribution in [0.2, 0.25) is 0 Å². The first-order valence-corrected chi connectivity index (χ1v) is 7.67. The fraction of sp³-hybridized carbons (Fsp3) is 0.562. The topological polar surface area (TPSA) is 41.6 Å². The van der Waals surface area contributed by atoms with Gasteiger partial charge >= 0.3 is 6.03 Å². The Bertz CT molecular complexity index is 428. The molecule has 2 rings (SSSR count). The number of amides is 2. The Morgan fingerprint density at radius 1 is 1.14 bits per heavy atom. The molecule has 1 heterocycles. The molecule has 0 unspecified atom stereocenters. The molecule has 0 atom stereocenters. The van der Waals surface area contributed by atoms with E-state index in [1.54, 1.807) is 12.1 Å². The van der Waals surface area contributed by atoms with Gasteiger partial charge in [0.15, 0.2) is 0 Å². The van der Waals surface area contributed by atoms with E-state index >= 15 is 0 Å². The number of hydrogen-bond acceptors (Lipinski definition) is 2. The molecular weight excluding hydrogens is 271 g/mol. The predicted molar refractivity (Wildman–Crippen MR) is 80.0 cm³/mol. The van der Waals surface area contributed by atoms with Crippen LogP contribution in [0.1, 0.15) is 32.1 Å². The van der Waals surface area contributed by atoms with E-state index in [1.807, 2.05) is 4.90 Å². The van der Waals surface area contributed by atoms with Crippen molar-refractivity contribution in [2.24, 2.45) is 0 Å². The van der Waals surface area contributed by atoms with E-state index in [2.05, 4.69) is 5.32 Å². The first-order chi connectivity index (χ1) is 10.3. The molecule has 21 heavy (non-hydrogen) atoms. The van der Waals surface area contributed by atoms with Gasteiger partial charge in [-0.3, -0.25) is 0 Å². The number of nitrogens with zero attached hydrogens (tertiary/aromatic N) is 1. The lowest BCUT2D eigenvalue weighted by Crippen LogP contribution is -2.41. The van der Waals surface area contributed by atoms with Crippen LogP contribution in [0.15, 0.2) is 24.3 Å². The number of urea groups is 1. The van der Waals surface area contributed by atoms with Gasteiger partial charge in [-0.25, -0.2) is 9.18 Å². The molecule has 1 aliphatic rings. The van der Waals surface area contributed by atoms with Crippen molar-refractivity contribution in [1.29, 1.82) is 0 Å². The molecule has 1 aromatic rings. The average Bonchev–Trinajstić information content (AvgIpc) is 2.78. The van der Waals surface area contributed by atoms with Gasteiger partial charge in [0, 0.05) is 19.6 Å². The summed E-state index contributed by atoms with van der Waals surface area (Å²) in [5.74, 6) is 0.377. The smallest absolute Gasteiger partial charge is 0.317 e. The lowest BCUT2D eigenvalue weighted by molar-refractivity contribution is 0.198. The molecule has 4 nitrogen and oxygen atoms in total. The van der Waals surface area contributed by atoms with Crippen molar-refractivity contribution in [2.45, 2.75) is 32.1 Å². The van der Waals surface area contributed by atoms with E-state index in [0.29, 0.717) is 18.9 Å². The third-order valence-corrected chi connectivity index (χ3v) is 3.57. The van der Waals surface area contributed by atoms with Gasteiger partial charge in [0.1, 0.15) is 11.6 Å². The molecule has 1 aromatic carbocycles. The van der Waals surface area contributed by atoms with Gasteiger partial charge in [0.25, 0.3) is 0 Å². The fourth-order valence-electron chi connectivity index (χ4n) is 2.37. The van der Waals surface area contributed by atoms with Crippen LogP contribution in [-0.2, 0) is 0 Å². The number of likely N-dealkylation sites (tertiary alicyclic amines) is 1. The number of hydrogen-bond donors (Lipinski definition) is 1. The van der Waals surface area contributed by atoms with Crippen molar-refractivity contribution in [3.63, 3.8) is 0 Å². The second kappa shape index (κ2) is 8.49. The van der Waals surface area contributed by atoms with Crippen molar-refractivity contribution in [1.82, 2.24) is 10.2 Å². The van der Waals surface area contributed by atoms with E-state index in [0.717, 1.165) is 32.4 Å². The average molecular weight is 294 g/mol. The highest BCUT2D eigenvalue weighted by Gasteiger charge is 2.14. The molecule has 0 aliphatic carbocycles. The minimum Gasteiger partial charge on any atom is -0.494 e. The van der Waals surface area contributed by atoms with Gasteiger partial charge in [-0.05, 0) is 43.5 Å². The zero-order valence-electron chi connectivity index (χ0n) is 12.3. The Morgan fingerprint density at radius 3 is 2.48 bits per heavy atom. The summed E-state index contributed by atoms with van der Waals surface area (Å²) in [6.07, 6.45) is 5.36. The van der Waals surface area contributed by atoms with E-state index < -0.39 is 0 Å². The minimum absolute atomic E-state index is 0.0266. The first-order valence-electron chi connectivity index (χ1n) is 7.67. The minimum atomic E-state index is -0.271. The van der Waals surface area contributed by atoms with Crippen LogP contribution < -0.4 is 10.1 Å². The molecule has 0 aromatic heterocycles. The van der Waals surface area contributed by atoms with Crippen LogP contribution in [0, 0.1) is 5.82 Å². The Kier molecular flexibility index (Phi) is 6.31. The molecular formula is C16H23FN2O2. The zero-order chi connectivity index (χ0) is 14.9. The summed E-state index contributed by atoms with van der Waals surface area (Å²) in [6, 6.07) is 5.97. The van der Waals surface area contributed by atoms with Gasteiger partial charge in [0.2, 0.25) is 0 Å². The van der Waals surface area contributed by atoms with Gasteiger partial charge < -0.3 is 15.0 Å². The lowest BCUT2D eigenvalue weighted by atomic mass is 10.2. The molecule has 0 radical (unpaired) electrons. The Morgan fingerprint density at radius 2 is 1.81 bits per heavy atom. The maximum Gasteiger partial charge on any atom is 0.317 e. The Labute approximate surface area is 125 Å². The summed E-state index contributed by atoms with van der Waals surface area (Å²) in [5.41, 5.74) is 0. The van der Waals surface area contributed by atoms with Gasteiger partial charge in [-0.15, -0.1) is 0 Å². The molecule has 0 saturated carbocycles. The number of nitrogens with one attached hydrogen (secondary N) is 1. The van der Waals surface area contributed by atoms with E-state index in [9.17, 15) is 9.18 Å². The molecule has 0 bridgehead atoms. The lowest BCUT2D eigenvalue weighted by Gasteiger charge is -2.20. The number of benzene rings is 1. The second-order valence-electron chi connectivity index (χ2n) is 5.29. The maximum atomic E-state index is 12.7. The zero-order valence-corrected chi connectivity index (χ0v) is 12.3. The summed E-state index contributed by atoms with van der Waals surface area (Å²) >= 11 is 0. The second-order valence-corrected chi connectivity index (χ2v) is 5.29. The Balaban J connectivity index is 1.58.